The minimum atomic E-state index is 0.250. The number of fused-ring (bicyclic) bond motifs is 1. The molecule has 0 atom stereocenters. The zero-order chi connectivity index (χ0) is 18.5. The highest BCUT2D eigenvalue weighted by molar-refractivity contribution is 5.84. The van der Waals surface area contributed by atoms with E-state index in [4.69, 9.17) is 10.5 Å². The fourth-order valence-electron chi connectivity index (χ4n) is 2.51. The van der Waals surface area contributed by atoms with E-state index in [1.807, 2.05) is 69.3 Å². The maximum Gasteiger partial charge on any atom is 0.222 e. The van der Waals surface area contributed by atoms with Crippen molar-refractivity contribution in [2.45, 2.75) is 20.8 Å². The van der Waals surface area contributed by atoms with Gasteiger partial charge in [0.05, 0.1) is 5.52 Å². The van der Waals surface area contributed by atoms with Crippen LogP contribution in [0.1, 0.15) is 19.5 Å². The van der Waals surface area contributed by atoms with Gasteiger partial charge in [0.25, 0.3) is 0 Å². The summed E-state index contributed by atoms with van der Waals surface area (Å²) in [6, 6.07) is 11.6. The summed E-state index contributed by atoms with van der Waals surface area (Å²) in [5.74, 6) is 2.46. The summed E-state index contributed by atoms with van der Waals surface area (Å²) >= 11 is 0. The van der Waals surface area contributed by atoms with E-state index in [-0.39, 0.29) is 5.95 Å². The predicted molar refractivity (Wildman–Crippen MR) is 105 cm³/mol. The number of hydrogen-bond donors (Lipinski definition) is 2. The van der Waals surface area contributed by atoms with E-state index in [0.717, 1.165) is 33.8 Å². The van der Waals surface area contributed by atoms with Gasteiger partial charge in [0.2, 0.25) is 5.95 Å². The molecule has 2 aromatic heterocycles. The SMILES string of the molecule is C/C(=C\C=C(/C)Oc1cccc2ncccc12)Nc1cc(C)nc(N)n1. The Morgan fingerprint density at radius 2 is 1.96 bits per heavy atom. The number of allylic oxidation sites excluding steroid dienone is 4. The number of ether oxygens (including phenoxy) is 1. The Hall–Kier alpha value is -3.41. The van der Waals surface area contributed by atoms with Crippen molar-refractivity contribution in [3.05, 3.63) is 71.9 Å². The average molecular weight is 347 g/mol. The van der Waals surface area contributed by atoms with Crippen LogP contribution in [0.5, 0.6) is 5.75 Å². The molecule has 3 rings (SSSR count). The van der Waals surface area contributed by atoms with Gasteiger partial charge in [-0.05, 0) is 57.2 Å². The second-order valence-corrected chi connectivity index (χ2v) is 5.93. The molecule has 0 aliphatic carbocycles. The summed E-state index contributed by atoms with van der Waals surface area (Å²) in [7, 11) is 0. The Labute approximate surface area is 152 Å². The van der Waals surface area contributed by atoms with Gasteiger partial charge >= 0.3 is 0 Å². The van der Waals surface area contributed by atoms with Crippen LogP contribution in [-0.2, 0) is 0 Å². The molecule has 0 spiro atoms. The highest BCUT2D eigenvalue weighted by Gasteiger charge is 2.03. The van der Waals surface area contributed by atoms with Gasteiger partial charge in [-0.1, -0.05) is 6.07 Å². The van der Waals surface area contributed by atoms with E-state index in [1.54, 1.807) is 6.20 Å². The lowest BCUT2D eigenvalue weighted by Gasteiger charge is -2.09. The summed E-state index contributed by atoms with van der Waals surface area (Å²) in [5.41, 5.74) is 8.30. The number of anilines is 2. The summed E-state index contributed by atoms with van der Waals surface area (Å²) in [6.07, 6.45) is 5.59. The lowest BCUT2D eigenvalue weighted by molar-refractivity contribution is 0.433. The highest BCUT2D eigenvalue weighted by Crippen LogP contribution is 2.25. The van der Waals surface area contributed by atoms with Crippen LogP contribution in [0.15, 0.2) is 66.2 Å². The molecular formula is C20H21N5O. The number of hydrogen-bond acceptors (Lipinski definition) is 6. The highest BCUT2D eigenvalue weighted by atomic mass is 16.5. The Kier molecular flexibility index (Phi) is 5.12. The van der Waals surface area contributed by atoms with Gasteiger partial charge in [-0.2, -0.15) is 4.98 Å². The van der Waals surface area contributed by atoms with Crippen molar-refractivity contribution in [2.75, 3.05) is 11.1 Å². The minimum absolute atomic E-state index is 0.250. The maximum atomic E-state index is 5.97. The van der Waals surface area contributed by atoms with Crippen molar-refractivity contribution in [1.29, 1.82) is 0 Å². The van der Waals surface area contributed by atoms with Crippen LogP contribution in [-0.4, -0.2) is 15.0 Å². The van der Waals surface area contributed by atoms with Crippen LogP contribution in [0.3, 0.4) is 0 Å². The van der Waals surface area contributed by atoms with Crippen molar-refractivity contribution < 1.29 is 4.74 Å². The van der Waals surface area contributed by atoms with Gasteiger partial charge in [0.15, 0.2) is 0 Å². The zero-order valence-corrected chi connectivity index (χ0v) is 15.0. The van der Waals surface area contributed by atoms with Gasteiger partial charge in [-0.25, -0.2) is 4.98 Å². The van der Waals surface area contributed by atoms with Crippen LogP contribution in [0.2, 0.25) is 0 Å². The van der Waals surface area contributed by atoms with Gasteiger partial charge in [-0.15, -0.1) is 0 Å². The minimum Gasteiger partial charge on any atom is -0.461 e. The number of nitrogens with zero attached hydrogens (tertiary/aromatic N) is 3. The second-order valence-electron chi connectivity index (χ2n) is 5.93. The Morgan fingerprint density at radius 3 is 2.77 bits per heavy atom. The molecule has 0 saturated heterocycles. The molecule has 0 bridgehead atoms. The molecule has 6 nitrogen and oxygen atoms in total. The number of nitrogens with two attached hydrogens (primary N) is 1. The quantitative estimate of drug-likeness (QED) is 0.531. The molecule has 3 N–H and O–H groups in total. The third kappa shape index (κ3) is 4.36. The first-order valence-corrected chi connectivity index (χ1v) is 8.26. The number of nitrogen functional groups attached to an aromatic ring is 1. The molecule has 2 heterocycles. The molecular weight excluding hydrogens is 326 g/mol. The Balaban J connectivity index is 1.73. The van der Waals surface area contributed by atoms with E-state index >= 15 is 0 Å². The lowest BCUT2D eigenvalue weighted by Crippen LogP contribution is -2.03. The number of nitrogens with one attached hydrogen (secondary N) is 1. The van der Waals surface area contributed by atoms with E-state index in [1.165, 1.54) is 0 Å². The number of rotatable bonds is 5. The van der Waals surface area contributed by atoms with Gasteiger partial charge in [0, 0.05) is 29.0 Å². The first kappa shape index (κ1) is 17.4. The monoisotopic (exact) mass is 347 g/mol. The normalized spacial score (nSPS) is 12.3. The molecule has 0 unspecified atom stereocenters. The fraction of sp³-hybridized carbons (Fsp3) is 0.150. The van der Waals surface area contributed by atoms with Crippen LogP contribution in [0, 0.1) is 6.92 Å². The molecule has 0 aliphatic heterocycles. The summed E-state index contributed by atoms with van der Waals surface area (Å²) in [6.45, 7) is 5.73. The molecule has 0 saturated carbocycles. The van der Waals surface area contributed by atoms with Crippen LogP contribution >= 0.6 is 0 Å². The fourth-order valence-corrected chi connectivity index (χ4v) is 2.51. The average Bonchev–Trinajstić information content (AvgIpc) is 2.59. The van der Waals surface area contributed by atoms with E-state index in [2.05, 4.69) is 20.3 Å². The Bertz CT molecular complexity index is 969. The van der Waals surface area contributed by atoms with Crippen LogP contribution in [0.4, 0.5) is 11.8 Å². The standard InChI is InChI=1S/C20H21N5O/c1-13(23-19-12-14(2)24-20(21)25-19)9-10-15(3)26-18-8-4-7-17-16(18)6-5-11-22-17/h4-12H,1-3H3,(H3,21,23,24,25)/b13-9+,15-10+. The molecule has 1 aromatic carbocycles. The molecule has 6 heteroatoms. The molecule has 0 amide bonds. The van der Waals surface area contributed by atoms with E-state index in [9.17, 15) is 0 Å². The molecule has 0 aliphatic rings. The number of aromatic nitrogens is 3. The van der Waals surface area contributed by atoms with Gasteiger partial charge < -0.3 is 15.8 Å². The van der Waals surface area contributed by atoms with Crippen LogP contribution in [0.25, 0.3) is 10.9 Å². The zero-order valence-electron chi connectivity index (χ0n) is 15.0. The smallest absolute Gasteiger partial charge is 0.222 e. The first-order chi connectivity index (χ1) is 12.5. The third-order valence-corrected chi connectivity index (χ3v) is 3.64. The molecule has 0 radical (unpaired) electrons. The van der Waals surface area contributed by atoms with E-state index in [0.29, 0.717) is 5.82 Å². The van der Waals surface area contributed by atoms with Crippen molar-refractivity contribution in [1.82, 2.24) is 15.0 Å². The maximum absolute atomic E-state index is 5.97. The van der Waals surface area contributed by atoms with E-state index < -0.39 is 0 Å². The number of aryl methyl sites for hydroxylation is 1. The van der Waals surface area contributed by atoms with Crippen molar-refractivity contribution in [3.8, 4) is 5.75 Å². The second kappa shape index (κ2) is 7.65. The molecule has 132 valence electrons. The molecule has 0 fully saturated rings. The van der Waals surface area contributed by atoms with Crippen LogP contribution < -0.4 is 15.8 Å². The lowest BCUT2D eigenvalue weighted by atomic mass is 10.2. The Morgan fingerprint density at radius 1 is 1.12 bits per heavy atom. The van der Waals surface area contributed by atoms with Crippen molar-refractivity contribution in [3.63, 3.8) is 0 Å². The summed E-state index contributed by atoms with van der Waals surface area (Å²) in [5, 5.41) is 4.17. The molecule has 3 aromatic rings. The number of benzene rings is 1. The third-order valence-electron chi connectivity index (χ3n) is 3.64. The molecule has 26 heavy (non-hydrogen) atoms. The van der Waals surface area contributed by atoms with Crippen molar-refractivity contribution in [2.24, 2.45) is 0 Å². The number of pyridine rings is 1. The van der Waals surface area contributed by atoms with Gasteiger partial charge in [0.1, 0.15) is 17.3 Å². The van der Waals surface area contributed by atoms with Crippen molar-refractivity contribution >= 4 is 22.7 Å². The summed E-state index contributed by atoms with van der Waals surface area (Å²) in [4.78, 5) is 12.6. The summed E-state index contributed by atoms with van der Waals surface area (Å²) < 4.78 is 5.97. The predicted octanol–water partition coefficient (Wildman–Crippen LogP) is 4.21. The van der Waals surface area contributed by atoms with Gasteiger partial charge in [-0.3, -0.25) is 4.98 Å². The topological polar surface area (TPSA) is 86.0 Å². The largest absolute Gasteiger partial charge is 0.461 e. The first-order valence-electron chi connectivity index (χ1n) is 8.26.